The Morgan fingerprint density at radius 3 is 2.67 bits per heavy atom. The van der Waals surface area contributed by atoms with Gasteiger partial charge in [-0.05, 0) is 41.5 Å². The minimum Gasteiger partial charge on any atom is -0.497 e. The number of carbonyl (C=O) groups excluding carboxylic acids is 1. The summed E-state index contributed by atoms with van der Waals surface area (Å²) in [5, 5.41) is 12.8. The van der Waals surface area contributed by atoms with Crippen LogP contribution in [0.25, 0.3) is 11.0 Å². The zero-order valence-electron chi connectivity index (χ0n) is 16.3. The van der Waals surface area contributed by atoms with E-state index < -0.39 is 17.9 Å². The fourth-order valence-corrected chi connectivity index (χ4v) is 3.39. The van der Waals surface area contributed by atoms with Gasteiger partial charge in [-0.15, -0.1) is 0 Å². The molecule has 0 fully saturated rings. The maximum absolute atomic E-state index is 12.6. The molecule has 2 heterocycles. The van der Waals surface area contributed by atoms with Crippen LogP contribution in [-0.2, 0) is 16.0 Å². The zero-order chi connectivity index (χ0) is 21.1. The first-order valence-electron chi connectivity index (χ1n) is 9.54. The molecule has 3 aromatic rings. The van der Waals surface area contributed by atoms with Crippen molar-refractivity contribution < 1.29 is 28.6 Å². The van der Waals surface area contributed by atoms with Gasteiger partial charge in [0, 0.05) is 18.2 Å². The third kappa shape index (κ3) is 4.15. The van der Waals surface area contributed by atoms with Gasteiger partial charge in [-0.25, -0.2) is 4.79 Å². The molecule has 2 unspecified atom stereocenters. The summed E-state index contributed by atoms with van der Waals surface area (Å²) >= 11 is 0. The van der Waals surface area contributed by atoms with Gasteiger partial charge in [0.15, 0.2) is 5.76 Å². The summed E-state index contributed by atoms with van der Waals surface area (Å²) in [6.45, 7) is 0. The van der Waals surface area contributed by atoms with Crippen molar-refractivity contribution in [2.45, 2.75) is 25.0 Å². The Morgan fingerprint density at radius 1 is 1.20 bits per heavy atom. The maximum Gasteiger partial charge on any atom is 0.326 e. The van der Waals surface area contributed by atoms with Crippen molar-refractivity contribution >= 4 is 22.8 Å². The largest absolute Gasteiger partial charge is 0.497 e. The van der Waals surface area contributed by atoms with E-state index in [1.54, 1.807) is 37.6 Å². The number of amides is 1. The number of benzene rings is 2. The van der Waals surface area contributed by atoms with Crippen LogP contribution in [0, 0.1) is 0 Å². The summed E-state index contributed by atoms with van der Waals surface area (Å²) in [4.78, 5) is 24.3. The first-order chi connectivity index (χ1) is 14.5. The third-order valence-electron chi connectivity index (χ3n) is 5.03. The molecule has 0 bridgehead atoms. The predicted octanol–water partition coefficient (Wildman–Crippen LogP) is 3.84. The van der Waals surface area contributed by atoms with Crippen LogP contribution in [0.5, 0.6) is 5.75 Å². The van der Waals surface area contributed by atoms with Crippen LogP contribution in [0.4, 0.5) is 0 Å². The van der Waals surface area contributed by atoms with Crippen molar-refractivity contribution in [1.29, 1.82) is 0 Å². The SMILES string of the molecule is COc1ccc2oc(C(=O)NC(Cc3ccc(C4CC=CO4)cc3)C(=O)O)cc2c1. The summed E-state index contributed by atoms with van der Waals surface area (Å²) in [7, 11) is 1.55. The van der Waals surface area contributed by atoms with Gasteiger partial charge in [0.2, 0.25) is 0 Å². The minimum atomic E-state index is -1.12. The minimum absolute atomic E-state index is 0.000678. The Bertz CT molecular complexity index is 1090. The number of ether oxygens (including phenoxy) is 2. The zero-order valence-corrected chi connectivity index (χ0v) is 16.3. The Kier molecular flexibility index (Phi) is 5.43. The van der Waals surface area contributed by atoms with Crippen molar-refractivity contribution in [3.8, 4) is 5.75 Å². The fourth-order valence-electron chi connectivity index (χ4n) is 3.39. The first-order valence-corrected chi connectivity index (χ1v) is 9.54. The van der Waals surface area contributed by atoms with Gasteiger partial charge in [-0.2, -0.15) is 0 Å². The average Bonchev–Trinajstić information content (AvgIpc) is 3.43. The van der Waals surface area contributed by atoms with Crippen molar-refractivity contribution in [1.82, 2.24) is 5.32 Å². The molecule has 2 atom stereocenters. The Hall–Kier alpha value is -3.74. The highest BCUT2D eigenvalue weighted by molar-refractivity contribution is 5.98. The molecule has 0 spiro atoms. The topological polar surface area (TPSA) is 98.0 Å². The second-order valence-electron chi connectivity index (χ2n) is 7.06. The van der Waals surface area contributed by atoms with Gasteiger partial charge >= 0.3 is 5.97 Å². The van der Waals surface area contributed by atoms with E-state index in [-0.39, 0.29) is 18.3 Å². The second kappa shape index (κ2) is 8.32. The molecule has 1 aliphatic heterocycles. The van der Waals surface area contributed by atoms with Gasteiger partial charge in [-0.1, -0.05) is 24.3 Å². The molecule has 4 rings (SSSR count). The van der Waals surface area contributed by atoms with Crippen molar-refractivity contribution in [3.05, 3.63) is 77.8 Å². The summed E-state index contributed by atoms with van der Waals surface area (Å²) in [5.74, 6) is -1.01. The van der Waals surface area contributed by atoms with Crippen molar-refractivity contribution in [3.63, 3.8) is 0 Å². The number of carboxylic acids is 1. The Balaban J connectivity index is 1.45. The van der Waals surface area contributed by atoms with E-state index >= 15 is 0 Å². The van der Waals surface area contributed by atoms with E-state index in [0.29, 0.717) is 16.7 Å². The van der Waals surface area contributed by atoms with Crippen LogP contribution in [-0.4, -0.2) is 30.1 Å². The number of aliphatic carboxylic acids is 1. The van der Waals surface area contributed by atoms with Crippen LogP contribution in [0.3, 0.4) is 0 Å². The lowest BCUT2D eigenvalue weighted by molar-refractivity contribution is -0.139. The highest BCUT2D eigenvalue weighted by atomic mass is 16.5. The average molecular weight is 407 g/mol. The van der Waals surface area contributed by atoms with E-state index in [9.17, 15) is 14.7 Å². The van der Waals surface area contributed by atoms with Crippen LogP contribution in [0.1, 0.15) is 34.2 Å². The lowest BCUT2D eigenvalue weighted by Crippen LogP contribution is -2.42. The molecule has 30 heavy (non-hydrogen) atoms. The van der Waals surface area contributed by atoms with E-state index in [2.05, 4.69) is 5.32 Å². The number of furan rings is 1. The normalized spacial score (nSPS) is 16.2. The number of hydrogen-bond donors (Lipinski definition) is 2. The van der Waals surface area contributed by atoms with Gasteiger partial charge in [0.05, 0.1) is 13.4 Å². The molecule has 0 radical (unpaired) electrons. The molecule has 2 aromatic carbocycles. The number of methoxy groups -OCH3 is 1. The number of hydrogen-bond acceptors (Lipinski definition) is 5. The quantitative estimate of drug-likeness (QED) is 0.618. The predicted molar refractivity (Wildman–Crippen MR) is 109 cm³/mol. The highest BCUT2D eigenvalue weighted by Crippen LogP contribution is 2.27. The van der Waals surface area contributed by atoms with Crippen molar-refractivity contribution in [2.24, 2.45) is 0 Å². The molecule has 0 saturated heterocycles. The number of carbonyl (C=O) groups is 2. The lowest BCUT2D eigenvalue weighted by Gasteiger charge is -2.15. The van der Waals surface area contributed by atoms with E-state index in [0.717, 1.165) is 17.5 Å². The van der Waals surface area contributed by atoms with Gasteiger partial charge in [0.1, 0.15) is 23.5 Å². The molecule has 0 saturated carbocycles. The number of rotatable bonds is 7. The smallest absolute Gasteiger partial charge is 0.326 e. The maximum atomic E-state index is 12.6. The summed E-state index contributed by atoms with van der Waals surface area (Å²) < 4.78 is 16.2. The lowest BCUT2D eigenvalue weighted by atomic mass is 10.0. The van der Waals surface area contributed by atoms with Gasteiger partial charge in [0.25, 0.3) is 5.91 Å². The monoisotopic (exact) mass is 407 g/mol. The second-order valence-corrected chi connectivity index (χ2v) is 7.06. The summed E-state index contributed by atoms with van der Waals surface area (Å²) in [6.07, 6.45) is 4.61. The molecular formula is C23H21NO6. The number of fused-ring (bicyclic) bond motifs is 1. The Morgan fingerprint density at radius 2 is 2.00 bits per heavy atom. The summed E-state index contributed by atoms with van der Waals surface area (Å²) in [6, 6.07) is 13.2. The van der Waals surface area contributed by atoms with Crippen LogP contribution in [0.15, 0.2) is 65.3 Å². The third-order valence-corrected chi connectivity index (χ3v) is 5.03. The van der Waals surface area contributed by atoms with Gasteiger partial charge in [-0.3, -0.25) is 4.79 Å². The molecule has 7 heteroatoms. The molecule has 1 aliphatic rings. The van der Waals surface area contributed by atoms with Crippen LogP contribution < -0.4 is 10.1 Å². The van der Waals surface area contributed by atoms with Gasteiger partial charge < -0.3 is 24.3 Å². The van der Waals surface area contributed by atoms with Crippen LogP contribution >= 0.6 is 0 Å². The molecule has 154 valence electrons. The number of nitrogens with one attached hydrogen (secondary N) is 1. The van der Waals surface area contributed by atoms with E-state index in [4.69, 9.17) is 13.9 Å². The molecule has 1 amide bonds. The number of carboxylic acid groups (broad SMARTS) is 1. The fraction of sp³-hybridized carbons (Fsp3) is 0.217. The Labute approximate surface area is 172 Å². The molecule has 7 nitrogen and oxygen atoms in total. The van der Waals surface area contributed by atoms with Crippen LogP contribution in [0.2, 0.25) is 0 Å². The van der Waals surface area contributed by atoms with E-state index in [1.165, 1.54) is 0 Å². The molecule has 2 N–H and O–H groups in total. The summed E-state index contributed by atoms with van der Waals surface area (Å²) in [5.41, 5.74) is 2.34. The first kappa shape index (κ1) is 19.6. The standard InChI is InChI=1S/C23H21NO6/c1-28-17-8-9-20-16(12-17)13-21(30-20)22(25)24-18(23(26)27)11-14-4-6-15(7-5-14)19-3-2-10-29-19/h2,4-10,12-13,18-19H,3,11H2,1H3,(H,24,25)(H,26,27). The van der Waals surface area contributed by atoms with Crippen molar-refractivity contribution in [2.75, 3.05) is 7.11 Å². The molecule has 1 aromatic heterocycles. The van der Waals surface area contributed by atoms with E-state index in [1.807, 2.05) is 30.3 Å². The molecular weight excluding hydrogens is 386 g/mol. The highest BCUT2D eigenvalue weighted by Gasteiger charge is 2.23. The molecule has 0 aliphatic carbocycles.